The molecule has 0 aliphatic rings. The molecule has 0 aliphatic carbocycles. The minimum Gasteiger partial charge on any atom is -0.396 e. The van der Waals surface area contributed by atoms with Crippen molar-refractivity contribution in [3.63, 3.8) is 0 Å². The molecule has 4 N–H and O–H groups in total. The van der Waals surface area contributed by atoms with E-state index in [2.05, 4.69) is 0 Å². The van der Waals surface area contributed by atoms with Crippen molar-refractivity contribution in [2.75, 3.05) is 26.4 Å². The van der Waals surface area contributed by atoms with E-state index in [1.54, 1.807) is 0 Å². The van der Waals surface area contributed by atoms with Crippen LogP contribution in [0.5, 0.6) is 0 Å². The van der Waals surface area contributed by atoms with Gasteiger partial charge >= 0.3 is 0 Å². The highest BCUT2D eigenvalue weighted by atomic mass is 16.3. The first-order valence-electron chi connectivity index (χ1n) is 3.18. The monoisotopic (exact) mass is 150 g/mol. The zero-order chi connectivity index (χ0) is 8.04. The van der Waals surface area contributed by atoms with Crippen LogP contribution in [-0.4, -0.2) is 46.9 Å². The molecule has 0 rings (SSSR count). The van der Waals surface area contributed by atoms with Crippen molar-refractivity contribution in [3.8, 4) is 0 Å². The Morgan fingerprint density at radius 2 is 1.20 bits per heavy atom. The number of aliphatic hydroxyl groups is 4. The smallest absolute Gasteiger partial charge is 0.0532 e. The van der Waals surface area contributed by atoms with Crippen LogP contribution >= 0.6 is 0 Å². The van der Waals surface area contributed by atoms with Gasteiger partial charge in [0.1, 0.15) is 0 Å². The standard InChI is InChI=1S/C6H14O4/c7-2-1-6(3-8,4-9)5-10/h7-10H,1-5H2. The van der Waals surface area contributed by atoms with E-state index in [1.165, 1.54) is 0 Å². The Morgan fingerprint density at radius 1 is 0.800 bits per heavy atom. The van der Waals surface area contributed by atoms with E-state index in [0.29, 0.717) is 0 Å². The van der Waals surface area contributed by atoms with Gasteiger partial charge in [-0.25, -0.2) is 0 Å². The first-order valence-corrected chi connectivity index (χ1v) is 3.18. The van der Waals surface area contributed by atoms with Gasteiger partial charge in [0.15, 0.2) is 0 Å². The van der Waals surface area contributed by atoms with Crippen molar-refractivity contribution in [1.29, 1.82) is 0 Å². The quantitative estimate of drug-likeness (QED) is 0.378. The van der Waals surface area contributed by atoms with Crippen molar-refractivity contribution in [3.05, 3.63) is 0 Å². The van der Waals surface area contributed by atoms with Gasteiger partial charge in [-0.1, -0.05) is 0 Å². The highest BCUT2D eigenvalue weighted by Crippen LogP contribution is 2.18. The van der Waals surface area contributed by atoms with E-state index in [4.69, 9.17) is 20.4 Å². The van der Waals surface area contributed by atoms with Gasteiger partial charge in [-0.05, 0) is 6.42 Å². The fourth-order valence-corrected chi connectivity index (χ4v) is 0.624. The topological polar surface area (TPSA) is 80.9 Å². The zero-order valence-electron chi connectivity index (χ0n) is 5.82. The Bertz CT molecular complexity index is 71.6. The second-order valence-electron chi connectivity index (χ2n) is 2.45. The van der Waals surface area contributed by atoms with E-state index in [9.17, 15) is 0 Å². The zero-order valence-corrected chi connectivity index (χ0v) is 5.82. The number of hydrogen-bond donors (Lipinski definition) is 4. The molecule has 0 radical (unpaired) electrons. The van der Waals surface area contributed by atoms with Crippen LogP contribution in [0.15, 0.2) is 0 Å². The lowest BCUT2D eigenvalue weighted by molar-refractivity contribution is -0.0111. The molecule has 0 heterocycles. The molecule has 0 saturated heterocycles. The van der Waals surface area contributed by atoms with E-state index < -0.39 is 5.41 Å². The first-order chi connectivity index (χ1) is 4.74. The Balaban J connectivity index is 3.87. The lowest BCUT2D eigenvalue weighted by Crippen LogP contribution is -2.34. The summed E-state index contributed by atoms with van der Waals surface area (Å²) in [5, 5.41) is 34.5. The van der Waals surface area contributed by atoms with Gasteiger partial charge < -0.3 is 20.4 Å². The van der Waals surface area contributed by atoms with E-state index in [-0.39, 0.29) is 32.8 Å². The maximum Gasteiger partial charge on any atom is 0.0532 e. The molecule has 4 heteroatoms. The summed E-state index contributed by atoms with van der Waals surface area (Å²) in [7, 11) is 0. The fraction of sp³-hybridized carbons (Fsp3) is 1.00. The van der Waals surface area contributed by atoms with Gasteiger partial charge in [0, 0.05) is 12.0 Å². The summed E-state index contributed by atoms with van der Waals surface area (Å²) in [6.07, 6.45) is 0.219. The first kappa shape index (κ1) is 9.84. The minimum absolute atomic E-state index is 0.137. The predicted octanol–water partition coefficient (Wildman–Crippen LogP) is -1.67. The summed E-state index contributed by atoms with van der Waals surface area (Å²) in [6.45, 7) is -1.05. The minimum atomic E-state index is -0.908. The van der Waals surface area contributed by atoms with Gasteiger partial charge in [0.25, 0.3) is 0 Å². The highest BCUT2D eigenvalue weighted by Gasteiger charge is 2.26. The lowest BCUT2D eigenvalue weighted by atomic mass is 9.88. The molecule has 0 aromatic rings. The Kier molecular flexibility index (Phi) is 4.55. The molecule has 0 unspecified atom stereocenters. The largest absolute Gasteiger partial charge is 0.396 e. The SMILES string of the molecule is OCCC(CO)(CO)CO. The van der Waals surface area contributed by atoms with Crippen LogP contribution in [0.1, 0.15) is 6.42 Å². The molecule has 62 valence electrons. The van der Waals surface area contributed by atoms with Crippen molar-refractivity contribution in [2.45, 2.75) is 6.42 Å². The Morgan fingerprint density at radius 3 is 1.30 bits per heavy atom. The Hall–Kier alpha value is -0.160. The second kappa shape index (κ2) is 4.62. The number of rotatable bonds is 5. The van der Waals surface area contributed by atoms with E-state index >= 15 is 0 Å². The van der Waals surface area contributed by atoms with Crippen LogP contribution in [0.25, 0.3) is 0 Å². The normalized spacial score (nSPS) is 12.0. The van der Waals surface area contributed by atoms with Crippen molar-refractivity contribution >= 4 is 0 Å². The lowest BCUT2D eigenvalue weighted by Gasteiger charge is -2.25. The highest BCUT2D eigenvalue weighted by molar-refractivity contribution is 4.75. The average molecular weight is 150 g/mol. The molecule has 10 heavy (non-hydrogen) atoms. The van der Waals surface area contributed by atoms with Crippen LogP contribution in [0.2, 0.25) is 0 Å². The third kappa shape index (κ3) is 2.22. The summed E-state index contributed by atoms with van der Waals surface area (Å²) in [4.78, 5) is 0. The van der Waals surface area contributed by atoms with Crippen LogP contribution in [-0.2, 0) is 0 Å². The van der Waals surface area contributed by atoms with Crippen LogP contribution in [0.3, 0.4) is 0 Å². The van der Waals surface area contributed by atoms with Crippen molar-refractivity contribution < 1.29 is 20.4 Å². The maximum atomic E-state index is 8.68. The van der Waals surface area contributed by atoms with Gasteiger partial charge in [0.2, 0.25) is 0 Å². The second-order valence-corrected chi connectivity index (χ2v) is 2.45. The summed E-state index contributed by atoms with van der Waals surface area (Å²) in [6, 6.07) is 0. The molecule has 0 aromatic heterocycles. The molecular formula is C6H14O4. The summed E-state index contributed by atoms with van der Waals surface area (Å²) in [5.74, 6) is 0. The summed E-state index contributed by atoms with van der Waals surface area (Å²) >= 11 is 0. The summed E-state index contributed by atoms with van der Waals surface area (Å²) < 4.78 is 0. The van der Waals surface area contributed by atoms with Gasteiger partial charge in [-0.3, -0.25) is 0 Å². The van der Waals surface area contributed by atoms with Crippen molar-refractivity contribution in [1.82, 2.24) is 0 Å². The molecule has 0 bridgehead atoms. The summed E-state index contributed by atoms with van der Waals surface area (Å²) in [5.41, 5.74) is -0.908. The molecule has 0 fully saturated rings. The number of hydrogen-bond acceptors (Lipinski definition) is 4. The molecule has 0 amide bonds. The third-order valence-electron chi connectivity index (χ3n) is 1.65. The van der Waals surface area contributed by atoms with E-state index in [0.717, 1.165) is 0 Å². The van der Waals surface area contributed by atoms with Gasteiger partial charge in [-0.15, -0.1) is 0 Å². The van der Waals surface area contributed by atoms with Gasteiger partial charge in [-0.2, -0.15) is 0 Å². The molecule has 0 saturated carbocycles. The molecular weight excluding hydrogens is 136 g/mol. The van der Waals surface area contributed by atoms with Gasteiger partial charge in [0.05, 0.1) is 19.8 Å². The Labute approximate surface area is 59.7 Å². The number of aliphatic hydroxyl groups excluding tert-OH is 4. The molecule has 0 spiro atoms. The molecule has 4 nitrogen and oxygen atoms in total. The van der Waals surface area contributed by atoms with Crippen LogP contribution in [0.4, 0.5) is 0 Å². The fourth-order valence-electron chi connectivity index (χ4n) is 0.624. The molecule has 0 aliphatic heterocycles. The van der Waals surface area contributed by atoms with Crippen LogP contribution in [0, 0.1) is 5.41 Å². The van der Waals surface area contributed by atoms with Crippen LogP contribution < -0.4 is 0 Å². The molecule has 0 aromatic carbocycles. The van der Waals surface area contributed by atoms with Crippen molar-refractivity contribution in [2.24, 2.45) is 5.41 Å². The molecule has 0 atom stereocenters. The maximum absolute atomic E-state index is 8.68. The predicted molar refractivity (Wildman–Crippen MR) is 35.4 cm³/mol. The third-order valence-corrected chi connectivity index (χ3v) is 1.65. The van der Waals surface area contributed by atoms with E-state index in [1.807, 2.05) is 0 Å². The average Bonchev–Trinajstić information content (AvgIpc) is 2.01.